The molecule has 0 aliphatic heterocycles. The molecular weight excluding hydrogens is 472 g/mol. The van der Waals surface area contributed by atoms with Crippen LogP contribution in [0.2, 0.25) is 0 Å². The maximum Gasteiger partial charge on any atom is 0.0641 e. The summed E-state index contributed by atoms with van der Waals surface area (Å²) in [6.07, 6.45) is 6.31. The van der Waals surface area contributed by atoms with Gasteiger partial charge in [-0.05, 0) is 60.5 Å². The van der Waals surface area contributed by atoms with Crippen molar-refractivity contribution < 1.29 is 0 Å². The minimum Gasteiger partial charge on any atom is -0.309 e. The minimum absolute atomic E-state index is 1.14. The summed E-state index contributed by atoms with van der Waals surface area (Å²) in [7, 11) is 0. The van der Waals surface area contributed by atoms with E-state index in [0.29, 0.717) is 0 Å². The van der Waals surface area contributed by atoms with Crippen LogP contribution in [0.3, 0.4) is 0 Å². The highest BCUT2D eigenvalue weighted by Crippen LogP contribution is 2.42. The zero-order valence-corrected chi connectivity index (χ0v) is 21.9. The first kappa shape index (κ1) is 23.1. The maximum absolute atomic E-state index is 4.29. The molecule has 0 saturated heterocycles. The Kier molecular flexibility index (Phi) is 5.53. The molecule has 7 rings (SSSR count). The summed E-state index contributed by atoms with van der Waals surface area (Å²) in [6.45, 7) is 6.36. The van der Waals surface area contributed by atoms with Crippen LogP contribution in [0.5, 0.6) is 0 Å². The Bertz CT molecular complexity index is 2020. The number of para-hydroxylation sites is 2. The largest absolute Gasteiger partial charge is 0.309 e. The van der Waals surface area contributed by atoms with Gasteiger partial charge in [0.25, 0.3) is 0 Å². The van der Waals surface area contributed by atoms with E-state index in [9.17, 15) is 0 Å². The first-order valence-electron chi connectivity index (χ1n) is 13.4. The Morgan fingerprint density at radius 2 is 1.28 bits per heavy atom. The summed E-state index contributed by atoms with van der Waals surface area (Å²) in [5, 5.41) is 3.69. The summed E-state index contributed by atoms with van der Waals surface area (Å²) in [5.74, 6) is 0. The monoisotopic (exact) mass is 500 g/mol. The molecule has 0 unspecified atom stereocenters. The second-order valence-corrected chi connectivity index (χ2v) is 9.80. The predicted molar refractivity (Wildman–Crippen MR) is 168 cm³/mol. The van der Waals surface area contributed by atoms with Gasteiger partial charge in [-0.15, -0.1) is 0 Å². The van der Waals surface area contributed by atoms with Crippen molar-refractivity contribution in [3.63, 3.8) is 0 Å². The molecule has 0 saturated carbocycles. The quantitative estimate of drug-likeness (QED) is 0.222. The van der Waals surface area contributed by atoms with Crippen LogP contribution in [-0.4, -0.2) is 9.13 Å². The number of nitrogens with zero attached hydrogens (tertiary/aromatic N) is 2. The molecule has 0 atom stereocenters. The molecular formula is C37H28N2. The maximum atomic E-state index is 4.29. The van der Waals surface area contributed by atoms with Crippen LogP contribution in [0.25, 0.3) is 67.4 Å². The highest BCUT2D eigenvalue weighted by molar-refractivity contribution is 6.21. The van der Waals surface area contributed by atoms with E-state index in [1.165, 1.54) is 43.8 Å². The Hall–Kier alpha value is -5.08. The molecule has 186 valence electrons. The molecule has 0 bridgehead atoms. The fraction of sp³-hybridized carbons (Fsp3) is 0.0270. The second-order valence-electron chi connectivity index (χ2n) is 9.80. The minimum atomic E-state index is 1.14. The van der Waals surface area contributed by atoms with Crippen LogP contribution in [0, 0.1) is 0 Å². The van der Waals surface area contributed by atoms with Crippen LogP contribution < -0.4 is 0 Å². The van der Waals surface area contributed by atoms with E-state index in [1.54, 1.807) is 0 Å². The van der Waals surface area contributed by atoms with Crippen molar-refractivity contribution in [2.75, 3.05) is 0 Å². The molecule has 7 aromatic rings. The van der Waals surface area contributed by atoms with Crippen molar-refractivity contribution in [1.82, 2.24) is 9.13 Å². The lowest BCUT2D eigenvalue weighted by Gasteiger charge is -2.12. The van der Waals surface area contributed by atoms with E-state index in [0.717, 1.165) is 22.6 Å². The third-order valence-corrected chi connectivity index (χ3v) is 7.60. The van der Waals surface area contributed by atoms with Crippen molar-refractivity contribution in [3.8, 4) is 22.5 Å². The third kappa shape index (κ3) is 3.57. The molecule has 0 fully saturated rings. The summed E-state index contributed by atoms with van der Waals surface area (Å²) in [6, 6.07) is 43.3. The van der Waals surface area contributed by atoms with Gasteiger partial charge in [-0.2, -0.15) is 0 Å². The lowest BCUT2D eigenvalue weighted by Crippen LogP contribution is -1.97. The Labute approximate surface area is 228 Å². The van der Waals surface area contributed by atoms with Crippen LogP contribution in [0.4, 0.5) is 0 Å². The molecule has 0 amide bonds. The molecule has 2 aromatic heterocycles. The van der Waals surface area contributed by atoms with Crippen LogP contribution in [0.1, 0.15) is 18.2 Å². The van der Waals surface area contributed by atoms with E-state index in [-0.39, 0.29) is 0 Å². The van der Waals surface area contributed by atoms with Crippen molar-refractivity contribution in [1.29, 1.82) is 0 Å². The van der Waals surface area contributed by atoms with E-state index in [4.69, 9.17) is 0 Å². The smallest absolute Gasteiger partial charge is 0.0641 e. The Balaban J connectivity index is 1.66. The van der Waals surface area contributed by atoms with E-state index in [2.05, 4.69) is 156 Å². The van der Waals surface area contributed by atoms with Gasteiger partial charge in [0.15, 0.2) is 0 Å². The Morgan fingerprint density at radius 1 is 0.590 bits per heavy atom. The average molecular weight is 501 g/mol. The fourth-order valence-electron chi connectivity index (χ4n) is 5.98. The molecule has 0 spiro atoms. The van der Waals surface area contributed by atoms with Gasteiger partial charge in [-0.3, -0.25) is 0 Å². The molecule has 39 heavy (non-hydrogen) atoms. The molecule has 2 heteroatoms. The van der Waals surface area contributed by atoms with Gasteiger partial charge in [0.05, 0.1) is 22.2 Å². The van der Waals surface area contributed by atoms with E-state index >= 15 is 0 Å². The molecule has 5 aromatic carbocycles. The zero-order chi connectivity index (χ0) is 26.3. The molecule has 0 aliphatic rings. The van der Waals surface area contributed by atoms with Gasteiger partial charge >= 0.3 is 0 Å². The lowest BCUT2D eigenvalue weighted by atomic mass is 10.0. The summed E-state index contributed by atoms with van der Waals surface area (Å²) < 4.78 is 4.79. The molecule has 2 nitrogen and oxygen atoms in total. The number of allylic oxidation sites excluding steroid dienone is 1. The van der Waals surface area contributed by atoms with Gasteiger partial charge in [-0.25, -0.2) is 0 Å². The van der Waals surface area contributed by atoms with Crippen molar-refractivity contribution in [2.45, 2.75) is 6.92 Å². The lowest BCUT2D eigenvalue weighted by molar-refractivity contribution is 1.10. The SMILES string of the molecule is C=Cc1c(/C=C\C)n(-c2ccccc2)c2ccc3c4ccccc4n(-c4cccc(-c5ccccc5)c4)c3c12. The number of hydrogen-bond acceptors (Lipinski definition) is 0. The van der Waals surface area contributed by atoms with E-state index in [1.807, 2.05) is 6.08 Å². The van der Waals surface area contributed by atoms with Crippen molar-refractivity contribution >= 4 is 44.9 Å². The van der Waals surface area contributed by atoms with E-state index < -0.39 is 0 Å². The molecule has 2 heterocycles. The highest BCUT2D eigenvalue weighted by Gasteiger charge is 2.22. The fourth-order valence-corrected chi connectivity index (χ4v) is 5.98. The van der Waals surface area contributed by atoms with Crippen LogP contribution in [0.15, 0.2) is 134 Å². The highest BCUT2D eigenvalue weighted by atomic mass is 15.0. The molecule has 0 N–H and O–H groups in total. The Morgan fingerprint density at radius 3 is 2.05 bits per heavy atom. The number of rotatable bonds is 5. The molecule has 0 aliphatic carbocycles. The number of benzene rings is 5. The van der Waals surface area contributed by atoms with Gasteiger partial charge in [0.1, 0.15) is 0 Å². The van der Waals surface area contributed by atoms with Crippen molar-refractivity contribution in [2.24, 2.45) is 0 Å². The van der Waals surface area contributed by atoms with Crippen molar-refractivity contribution in [3.05, 3.63) is 145 Å². The number of aromatic nitrogens is 2. The first-order valence-corrected chi connectivity index (χ1v) is 13.4. The number of hydrogen-bond donors (Lipinski definition) is 0. The topological polar surface area (TPSA) is 9.86 Å². The molecule has 0 radical (unpaired) electrons. The van der Waals surface area contributed by atoms with Gasteiger partial charge in [-0.1, -0.05) is 104 Å². The van der Waals surface area contributed by atoms with Gasteiger partial charge < -0.3 is 9.13 Å². The zero-order valence-electron chi connectivity index (χ0n) is 21.9. The average Bonchev–Trinajstić information content (AvgIpc) is 3.50. The predicted octanol–water partition coefficient (Wildman–Crippen LogP) is 10.1. The summed E-state index contributed by atoms with van der Waals surface area (Å²) >= 11 is 0. The third-order valence-electron chi connectivity index (χ3n) is 7.60. The summed E-state index contributed by atoms with van der Waals surface area (Å²) in [5.41, 5.74) is 10.5. The van der Waals surface area contributed by atoms with Gasteiger partial charge in [0, 0.05) is 33.1 Å². The standard InChI is InChI=1S/C37H28N2/c1-3-14-33-30(4-2)36-35(38(33)28-18-9-6-10-19-28)24-23-32-31-21-11-12-22-34(31)39(37(32)36)29-20-13-17-27(25-29)26-15-7-5-8-16-26/h3-25H,2H2,1H3/b14-3-. The second kappa shape index (κ2) is 9.34. The van der Waals surface area contributed by atoms with Crippen LogP contribution >= 0.6 is 0 Å². The normalized spacial score (nSPS) is 11.7. The number of fused-ring (bicyclic) bond motifs is 5. The van der Waals surface area contributed by atoms with Gasteiger partial charge in [0.2, 0.25) is 0 Å². The summed E-state index contributed by atoms with van der Waals surface area (Å²) in [4.78, 5) is 0. The first-order chi connectivity index (χ1) is 19.3. The van der Waals surface area contributed by atoms with Crippen LogP contribution in [-0.2, 0) is 0 Å².